The van der Waals surface area contributed by atoms with Crippen LogP contribution in [-0.2, 0) is 17.0 Å². The van der Waals surface area contributed by atoms with E-state index in [2.05, 4.69) is 10.3 Å². The number of nitrogens with zero attached hydrogens (tertiary/aromatic N) is 1. The minimum atomic E-state index is -0.540. The van der Waals surface area contributed by atoms with E-state index in [1.54, 1.807) is 6.20 Å². The lowest BCUT2D eigenvalue weighted by Crippen LogP contribution is -2.34. The summed E-state index contributed by atoms with van der Waals surface area (Å²) in [6.45, 7) is 0. The van der Waals surface area contributed by atoms with Crippen LogP contribution in [-0.4, -0.2) is 27.9 Å². The Hall–Kier alpha value is -1.85. The van der Waals surface area contributed by atoms with Gasteiger partial charge in [0.25, 0.3) is 0 Å². The first-order valence-electron chi connectivity index (χ1n) is 7.27. The molecule has 2 N–H and O–H groups in total. The van der Waals surface area contributed by atoms with E-state index in [1.807, 2.05) is 42.5 Å². The number of benzene rings is 1. The minimum Gasteiger partial charge on any atom is -0.390 e. The van der Waals surface area contributed by atoms with Gasteiger partial charge in [0.1, 0.15) is 0 Å². The average molecular weight is 314 g/mol. The topological polar surface area (TPSA) is 62.2 Å². The number of hydrogen-bond acceptors (Lipinski definition) is 4. The number of carbonyl (C=O) groups excluding carboxylic acids is 1. The molecule has 114 valence electrons. The number of rotatable bonds is 5. The van der Waals surface area contributed by atoms with E-state index in [0.29, 0.717) is 17.9 Å². The van der Waals surface area contributed by atoms with Crippen molar-refractivity contribution in [2.24, 2.45) is 0 Å². The molecule has 0 saturated heterocycles. The van der Waals surface area contributed by atoms with Gasteiger partial charge in [-0.2, -0.15) is 0 Å². The SMILES string of the molecule is O=C(CSCc1ccccn1)NC1c2ccccc2CC1O. The molecule has 1 amide bonds. The van der Waals surface area contributed by atoms with Crippen LogP contribution < -0.4 is 5.32 Å². The van der Waals surface area contributed by atoms with Crippen LogP contribution in [0.3, 0.4) is 0 Å². The van der Waals surface area contributed by atoms with E-state index in [-0.39, 0.29) is 11.9 Å². The molecule has 1 aromatic carbocycles. The fourth-order valence-electron chi connectivity index (χ4n) is 2.69. The number of pyridine rings is 1. The lowest BCUT2D eigenvalue weighted by molar-refractivity contribution is -0.120. The number of hydrogen-bond donors (Lipinski definition) is 2. The van der Waals surface area contributed by atoms with Crippen molar-refractivity contribution < 1.29 is 9.90 Å². The maximum atomic E-state index is 12.1. The molecule has 0 bridgehead atoms. The van der Waals surface area contributed by atoms with E-state index in [0.717, 1.165) is 16.8 Å². The summed E-state index contributed by atoms with van der Waals surface area (Å²) >= 11 is 1.52. The van der Waals surface area contributed by atoms with Gasteiger partial charge in [0.2, 0.25) is 5.91 Å². The maximum absolute atomic E-state index is 12.1. The first-order chi connectivity index (χ1) is 10.7. The van der Waals surface area contributed by atoms with Gasteiger partial charge >= 0.3 is 0 Å². The summed E-state index contributed by atoms with van der Waals surface area (Å²) in [5, 5.41) is 13.1. The van der Waals surface area contributed by atoms with Gasteiger partial charge in [0, 0.05) is 18.4 Å². The summed E-state index contributed by atoms with van der Waals surface area (Å²) in [6, 6.07) is 13.3. The van der Waals surface area contributed by atoms with Crippen LogP contribution in [0, 0.1) is 0 Å². The second kappa shape index (κ2) is 6.94. The number of thioether (sulfide) groups is 1. The molecule has 3 rings (SSSR count). The molecule has 0 fully saturated rings. The lowest BCUT2D eigenvalue weighted by Gasteiger charge is -2.17. The molecule has 4 nitrogen and oxygen atoms in total. The molecule has 2 aromatic rings. The molecule has 1 heterocycles. The van der Waals surface area contributed by atoms with Crippen molar-refractivity contribution in [3.05, 3.63) is 65.5 Å². The average Bonchev–Trinajstić information content (AvgIpc) is 2.84. The molecule has 0 radical (unpaired) electrons. The van der Waals surface area contributed by atoms with Crippen LogP contribution in [0.1, 0.15) is 22.9 Å². The van der Waals surface area contributed by atoms with Crippen LogP contribution in [0.4, 0.5) is 0 Å². The first kappa shape index (κ1) is 15.1. The summed E-state index contributed by atoms with van der Waals surface area (Å²) in [4.78, 5) is 16.3. The van der Waals surface area contributed by atoms with Crippen LogP contribution in [0.2, 0.25) is 0 Å². The van der Waals surface area contributed by atoms with Gasteiger partial charge in [-0.25, -0.2) is 0 Å². The summed E-state index contributed by atoms with van der Waals surface area (Å²) < 4.78 is 0. The highest BCUT2D eigenvalue weighted by molar-refractivity contribution is 7.99. The highest BCUT2D eigenvalue weighted by Gasteiger charge is 2.31. The minimum absolute atomic E-state index is 0.0540. The largest absolute Gasteiger partial charge is 0.390 e. The van der Waals surface area contributed by atoms with Crippen LogP contribution in [0.15, 0.2) is 48.7 Å². The fraction of sp³-hybridized carbons (Fsp3) is 0.294. The number of fused-ring (bicyclic) bond motifs is 1. The Balaban J connectivity index is 1.52. The molecule has 2 atom stereocenters. The predicted molar refractivity (Wildman–Crippen MR) is 87.4 cm³/mol. The van der Waals surface area contributed by atoms with Gasteiger partial charge in [-0.1, -0.05) is 30.3 Å². The Morgan fingerprint density at radius 1 is 1.27 bits per heavy atom. The summed E-state index contributed by atoms with van der Waals surface area (Å²) in [5.74, 6) is 1.02. The standard InChI is InChI=1S/C17H18N2O2S/c20-15-9-12-5-1-2-7-14(12)17(15)19-16(21)11-22-10-13-6-3-4-8-18-13/h1-8,15,17,20H,9-11H2,(H,19,21). The van der Waals surface area contributed by atoms with Gasteiger partial charge in [-0.3, -0.25) is 9.78 Å². The molecule has 1 aliphatic rings. The van der Waals surface area contributed by atoms with Crippen molar-refractivity contribution in [1.82, 2.24) is 10.3 Å². The van der Waals surface area contributed by atoms with Crippen molar-refractivity contribution in [3.8, 4) is 0 Å². The monoisotopic (exact) mass is 314 g/mol. The second-order valence-electron chi connectivity index (χ2n) is 5.33. The third-order valence-electron chi connectivity index (χ3n) is 3.73. The molecule has 1 aromatic heterocycles. The maximum Gasteiger partial charge on any atom is 0.230 e. The third kappa shape index (κ3) is 3.48. The van der Waals surface area contributed by atoms with Gasteiger partial charge < -0.3 is 10.4 Å². The van der Waals surface area contributed by atoms with Crippen LogP contribution in [0.25, 0.3) is 0 Å². The smallest absolute Gasteiger partial charge is 0.230 e. The zero-order valence-electron chi connectivity index (χ0n) is 12.1. The number of aliphatic hydroxyl groups is 1. The Morgan fingerprint density at radius 3 is 2.91 bits per heavy atom. The van der Waals surface area contributed by atoms with Crippen molar-refractivity contribution in [2.45, 2.75) is 24.3 Å². The molecule has 0 aliphatic heterocycles. The Bertz CT molecular complexity index is 648. The zero-order chi connectivity index (χ0) is 15.4. The van der Waals surface area contributed by atoms with E-state index >= 15 is 0 Å². The van der Waals surface area contributed by atoms with Crippen molar-refractivity contribution in [2.75, 3.05) is 5.75 Å². The second-order valence-corrected chi connectivity index (χ2v) is 6.31. The van der Waals surface area contributed by atoms with Crippen LogP contribution >= 0.6 is 11.8 Å². The number of nitrogens with one attached hydrogen (secondary N) is 1. The summed E-state index contributed by atoms with van der Waals surface area (Å²) in [6.07, 6.45) is 1.81. The molecule has 0 saturated carbocycles. The molecule has 5 heteroatoms. The normalized spacial score (nSPS) is 19.7. The molecular formula is C17H18N2O2S. The number of amides is 1. The van der Waals surface area contributed by atoms with E-state index in [4.69, 9.17) is 0 Å². The summed E-state index contributed by atoms with van der Waals surface area (Å²) in [7, 11) is 0. The Labute approximate surface area is 134 Å². The van der Waals surface area contributed by atoms with Gasteiger partial charge in [0.05, 0.1) is 23.6 Å². The highest BCUT2D eigenvalue weighted by atomic mass is 32.2. The highest BCUT2D eigenvalue weighted by Crippen LogP contribution is 2.31. The third-order valence-corrected chi connectivity index (χ3v) is 4.70. The number of carbonyl (C=O) groups is 1. The molecule has 0 spiro atoms. The van der Waals surface area contributed by atoms with Gasteiger partial charge in [-0.15, -0.1) is 11.8 Å². The summed E-state index contributed by atoms with van der Waals surface area (Å²) in [5.41, 5.74) is 3.10. The number of aliphatic hydroxyl groups excluding tert-OH is 1. The van der Waals surface area contributed by atoms with Gasteiger partial charge in [-0.05, 0) is 23.3 Å². The van der Waals surface area contributed by atoms with E-state index in [1.165, 1.54) is 11.8 Å². The quantitative estimate of drug-likeness (QED) is 0.887. The Kier molecular flexibility index (Phi) is 4.75. The van der Waals surface area contributed by atoms with E-state index in [9.17, 15) is 9.90 Å². The van der Waals surface area contributed by atoms with Gasteiger partial charge in [0.15, 0.2) is 0 Å². The van der Waals surface area contributed by atoms with Crippen LogP contribution in [0.5, 0.6) is 0 Å². The Morgan fingerprint density at radius 2 is 2.09 bits per heavy atom. The van der Waals surface area contributed by atoms with Crippen molar-refractivity contribution in [1.29, 1.82) is 0 Å². The molecule has 1 aliphatic carbocycles. The molecule has 22 heavy (non-hydrogen) atoms. The molecular weight excluding hydrogens is 296 g/mol. The van der Waals surface area contributed by atoms with Crippen molar-refractivity contribution in [3.63, 3.8) is 0 Å². The first-order valence-corrected chi connectivity index (χ1v) is 8.42. The predicted octanol–water partition coefficient (Wildman–Crippen LogP) is 2.09. The zero-order valence-corrected chi connectivity index (χ0v) is 12.9. The van der Waals surface area contributed by atoms with E-state index < -0.39 is 6.10 Å². The number of aromatic nitrogens is 1. The molecule has 2 unspecified atom stereocenters. The fourth-order valence-corrected chi connectivity index (χ4v) is 3.45. The van der Waals surface area contributed by atoms with Crippen molar-refractivity contribution >= 4 is 17.7 Å². The lowest BCUT2D eigenvalue weighted by atomic mass is 10.1.